The van der Waals surface area contributed by atoms with Crippen molar-refractivity contribution >= 4 is 39.3 Å². The third-order valence-corrected chi connectivity index (χ3v) is 6.85. The maximum Gasteiger partial charge on any atom is 0.379 e. The van der Waals surface area contributed by atoms with Crippen molar-refractivity contribution in [3.8, 4) is 17.6 Å². The van der Waals surface area contributed by atoms with Gasteiger partial charge in [0.25, 0.3) is 0 Å². The molecule has 0 fully saturated rings. The molecule has 0 spiro atoms. The predicted molar refractivity (Wildman–Crippen MR) is 141 cm³/mol. The lowest BCUT2D eigenvalue weighted by Crippen LogP contribution is -2.21. The first-order valence-electron chi connectivity index (χ1n) is 11.5. The molecule has 7 heteroatoms. The fourth-order valence-electron chi connectivity index (χ4n) is 4.86. The van der Waals surface area contributed by atoms with Gasteiger partial charge in [-0.1, -0.05) is 60.1 Å². The zero-order chi connectivity index (χ0) is 25.7. The fraction of sp³-hybridized carbons (Fsp3) is 0.0667. The number of carbonyl (C=O) groups excluding carboxylic acids is 1. The van der Waals surface area contributed by atoms with Crippen LogP contribution in [0.2, 0.25) is 5.02 Å². The number of nitriles is 1. The van der Waals surface area contributed by atoms with E-state index in [0.717, 1.165) is 27.3 Å². The minimum Gasteiger partial charge on any atom is -0.449 e. The molecule has 2 N–H and O–H groups in total. The number of esters is 1. The zero-order valence-corrected chi connectivity index (χ0v) is 20.4. The molecule has 1 unspecified atom stereocenters. The van der Waals surface area contributed by atoms with Gasteiger partial charge in [-0.05, 0) is 47.5 Å². The third kappa shape index (κ3) is 3.77. The summed E-state index contributed by atoms with van der Waals surface area (Å²) in [6.45, 7) is 1.78. The van der Waals surface area contributed by atoms with Gasteiger partial charge in [-0.25, -0.2) is 4.79 Å². The Hall–Kier alpha value is -4.73. The third-order valence-electron chi connectivity index (χ3n) is 6.62. The Balaban J connectivity index is 1.39. The Morgan fingerprint density at radius 3 is 2.65 bits per heavy atom. The minimum atomic E-state index is -0.646. The molecule has 1 aliphatic heterocycles. The van der Waals surface area contributed by atoms with E-state index < -0.39 is 11.9 Å². The highest BCUT2D eigenvalue weighted by atomic mass is 35.5. The second-order valence-electron chi connectivity index (χ2n) is 8.78. The lowest BCUT2D eigenvalue weighted by Gasteiger charge is -2.27. The summed E-state index contributed by atoms with van der Waals surface area (Å²) in [4.78, 5) is 13.0. The minimum absolute atomic E-state index is 0.0152. The van der Waals surface area contributed by atoms with Gasteiger partial charge in [-0.2, -0.15) is 5.26 Å². The second kappa shape index (κ2) is 8.74. The molecule has 6 rings (SSSR count). The number of rotatable bonds is 3. The molecule has 0 saturated carbocycles. The Morgan fingerprint density at radius 1 is 1.00 bits per heavy atom. The van der Waals surface area contributed by atoms with Crippen molar-refractivity contribution < 1.29 is 18.7 Å². The molecule has 4 aromatic carbocycles. The van der Waals surface area contributed by atoms with E-state index in [2.05, 4.69) is 6.07 Å². The zero-order valence-electron chi connectivity index (χ0n) is 19.6. The highest BCUT2D eigenvalue weighted by Gasteiger charge is 2.32. The van der Waals surface area contributed by atoms with Crippen molar-refractivity contribution in [3.63, 3.8) is 0 Å². The van der Waals surface area contributed by atoms with Gasteiger partial charge in [0.05, 0.1) is 5.92 Å². The average molecular weight is 507 g/mol. The van der Waals surface area contributed by atoms with Crippen LogP contribution in [0.5, 0.6) is 11.5 Å². The lowest BCUT2D eigenvalue weighted by atomic mass is 9.81. The number of furan rings is 1. The van der Waals surface area contributed by atoms with Gasteiger partial charge >= 0.3 is 5.97 Å². The number of nitrogens with zero attached hydrogens (tertiary/aromatic N) is 1. The van der Waals surface area contributed by atoms with E-state index >= 15 is 0 Å². The van der Waals surface area contributed by atoms with Crippen molar-refractivity contribution in [3.05, 3.63) is 118 Å². The summed E-state index contributed by atoms with van der Waals surface area (Å²) in [5.74, 6) is -0.309. The lowest BCUT2D eigenvalue weighted by molar-refractivity contribution is 0.0702. The molecule has 1 atom stereocenters. The van der Waals surface area contributed by atoms with Gasteiger partial charge in [0, 0.05) is 27.6 Å². The van der Waals surface area contributed by atoms with E-state index in [1.54, 1.807) is 43.3 Å². The van der Waals surface area contributed by atoms with E-state index in [0.29, 0.717) is 27.5 Å². The van der Waals surface area contributed by atoms with Crippen LogP contribution in [-0.2, 0) is 0 Å². The topological polar surface area (TPSA) is 98.5 Å². The molecule has 0 aliphatic carbocycles. The van der Waals surface area contributed by atoms with Crippen molar-refractivity contribution in [1.29, 1.82) is 5.26 Å². The quantitative estimate of drug-likeness (QED) is 0.209. The molecule has 0 amide bonds. The molecule has 2 heterocycles. The fourth-order valence-corrected chi connectivity index (χ4v) is 5.03. The van der Waals surface area contributed by atoms with Crippen LogP contribution in [0.25, 0.3) is 21.7 Å². The Bertz CT molecular complexity index is 1810. The summed E-state index contributed by atoms with van der Waals surface area (Å²) in [6, 6.07) is 26.4. The van der Waals surface area contributed by atoms with Crippen LogP contribution in [0.4, 0.5) is 0 Å². The number of fused-ring (bicyclic) bond motifs is 3. The smallest absolute Gasteiger partial charge is 0.379 e. The van der Waals surface area contributed by atoms with Gasteiger partial charge in [-0.3, -0.25) is 0 Å². The summed E-state index contributed by atoms with van der Waals surface area (Å²) < 4.78 is 17.2. The first kappa shape index (κ1) is 22.7. The van der Waals surface area contributed by atoms with Gasteiger partial charge < -0.3 is 19.6 Å². The molecular weight excluding hydrogens is 488 g/mol. The highest BCUT2D eigenvalue weighted by molar-refractivity contribution is 6.31. The maximum absolute atomic E-state index is 13.0. The average Bonchev–Trinajstić information content (AvgIpc) is 3.23. The van der Waals surface area contributed by atoms with Crippen LogP contribution >= 0.6 is 11.6 Å². The van der Waals surface area contributed by atoms with E-state index in [1.165, 1.54) is 0 Å². The van der Waals surface area contributed by atoms with Crippen molar-refractivity contribution in [1.82, 2.24) is 0 Å². The molecule has 180 valence electrons. The van der Waals surface area contributed by atoms with E-state index in [1.807, 2.05) is 42.5 Å². The Kier molecular flexibility index (Phi) is 5.36. The molecule has 0 bridgehead atoms. The summed E-state index contributed by atoms with van der Waals surface area (Å²) >= 11 is 6.09. The molecular formula is C30H19ClN2O4. The molecule has 0 saturated heterocycles. The number of hydrogen-bond donors (Lipinski definition) is 1. The summed E-state index contributed by atoms with van der Waals surface area (Å²) in [5.41, 5.74) is 9.38. The monoisotopic (exact) mass is 506 g/mol. The van der Waals surface area contributed by atoms with Gasteiger partial charge in [0.1, 0.15) is 28.7 Å². The number of halogens is 1. The molecule has 1 aromatic heterocycles. The first-order chi connectivity index (χ1) is 17.9. The molecule has 6 nitrogen and oxygen atoms in total. The summed E-state index contributed by atoms with van der Waals surface area (Å²) in [7, 11) is 0. The van der Waals surface area contributed by atoms with Gasteiger partial charge in [-0.15, -0.1) is 0 Å². The number of benzene rings is 4. The van der Waals surface area contributed by atoms with Crippen LogP contribution in [0.1, 0.15) is 33.2 Å². The number of aryl methyl sites for hydroxylation is 1. The van der Waals surface area contributed by atoms with Crippen LogP contribution in [0.15, 0.2) is 94.7 Å². The van der Waals surface area contributed by atoms with Crippen LogP contribution < -0.4 is 15.2 Å². The van der Waals surface area contributed by atoms with E-state index in [-0.39, 0.29) is 17.4 Å². The Morgan fingerprint density at radius 2 is 1.81 bits per heavy atom. The summed E-state index contributed by atoms with van der Waals surface area (Å²) in [5, 5.41) is 13.3. The molecule has 0 radical (unpaired) electrons. The van der Waals surface area contributed by atoms with Crippen molar-refractivity contribution in [2.75, 3.05) is 0 Å². The number of hydrogen-bond acceptors (Lipinski definition) is 6. The van der Waals surface area contributed by atoms with E-state index in [9.17, 15) is 10.1 Å². The highest BCUT2D eigenvalue weighted by Crippen LogP contribution is 2.45. The summed E-state index contributed by atoms with van der Waals surface area (Å²) in [6.07, 6.45) is 0. The Labute approximate surface area is 217 Å². The predicted octanol–water partition coefficient (Wildman–Crippen LogP) is 6.99. The molecule has 1 aliphatic rings. The first-order valence-corrected chi connectivity index (χ1v) is 11.9. The number of nitrogens with two attached hydrogens (primary N) is 1. The number of carbonyl (C=O) groups is 1. The largest absolute Gasteiger partial charge is 0.449 e. The van der Waals surface area contributed by atoms with Crippen LogP contribution in [-0.4, -0.2) is 5.97 Å². The molecule has 5 aromatic rings. The number of allylic oxidation sites excluding steroid dienone is 1. The maximum atomic E-state index is 13.0. The van der Waals surface area contributed by atoms with Crippen molar-refractivity contribution in [2.45, 2.75) is 12.8 Å². The standard InChI is InChI=1S/C30H19ClN2O4/c1-16-23-13-18(31)9-12-25(23)36-28(16)30(34)35-19-10-11-22-26(14-19)37-29(33)24(15-32)27(22)21-8-4-6-17-5-2-3-7-20(17)21/h2-14,27H,33H2,1H3. The molecule has 37 heavy (non-hydrogen) atoms. The van der Waals surface area contributed by atoms with Crippen molar-refractivity contribution in [2.24, 2.45) is 5.73 Å². The van der Waals surface area contributed by atoms with Gasteiger partial charge in [0.2, 0.25) is 11.6 Å². The van der Waals surface area contributed by atoms with Gasteiger partial charge in [0.15, 0.2) is 0 Å². The number of ether oxygens (including phenoxy) is 2. The SMILES string of the molecule is Cc1c(C(=O)Oc2ccc3c(c2)OC(N)=C(C#N)C3c2cccc3ccccc23)oc2ccc(Cl)cc12. The van der Waals surface area contributed by atoms with E-state index in [4.69, 9.17) is 31.2 Å². The normalized spacial score (nSPS) is 14.8. The van der Waals surface area contributed by atoms with Crippen LogP contribution in [0.3, 0.4) is 0 Å². The van der Waals surface area contributed by atoms with Crippen LogP contribution in [0, 0.1) is 18.3 Å². The second-order valence-corrected chi connectivity index (χ2v) is 9.22.